The van der Waals surface area contributed by atoms with Crippen molar-refractivity contribution in [3.8, 4) is 0 Å². The van der Waals surface area contributed by atoms with Crippen molar-refractivity contribution in [3.63, 3.8) is 0 Å². The summed E-state index contributed by atoms with van der Waals surface area (Å²) >= 11 is 0. The molecular weight excluding hydrogens is 455 g/mol. The molecule has 4 aliphatic carbocycles. The number of likely N-dealkylation sites (tertiary alicyclic amines) is 1. The van der Waals surface area contributed by atoms with Gasteiger partial charge in [0.2, 0.25) is 0 Å². The van der Waals surface area contributed by atoms with E-state index in [0.717, 1.165) is 50.2 Å². The molecule has 5 aliphatic rings. The van der Waals surface area contributed by atoms with Gasteiger partial charge in [-0.25, -0.2) is 4.79 Å². The topological polar surface area (TPSA) is 80.0 Å². The number of hydrogen-bond donors (Lipinski definition) is 2. The summed E-state index contributed by atoms with van der Waals surface area (Å²) in [7, 11) is 0. The lowest BCUT2D eigenvalue weighted by Crippen LogP contribution is -2.50. The molecule has 4 bridgehead atoms. The van der Waals surface area contributed by atoms with Gasteiger partial charge in [-0.05, 0) is 81.5 Å². The Morgan fingerprint density at radius 2 is 1.70 bits per heavy atom. The van der Waals surface area contributed by atoms with Crippen LogP contribution in [-0.4, -0.2) is 49.2 Å². The normalized spacial score (nSPS) is 35.7. The summed E-state index contributed by atoms with van der Waals surface area (Å²) < 4.78 is 5.07. The number of nitrogens with zero attached hydrogens (tertiary/aromatic N) is 2. The number of piperidine rings is 1. The molecule has 7 heteroatoms. The van der Waals surface area contributed by atoms with Crippen LogP contribution in [0.1, 0.15) is 58.3 Å². The molecule has 0 aromatic heterocycles. The van der Waals surface area contributed by atoms with E-state index in [-0.39, 0.29) is 30.1 Å². The highest BCUT2D eigenvalue weighted by Gasteiger charge is 2.50. The van der Waals surface area contributed by atoms with Gasteiger partial charge in [-0.3, -0.25) is 4.99 Å². The molecule has 0 aromatic rings. The van der Waals surface area contributed by atoms with Gasteiger partial charge in [-0.15, -0.1) is 24.0 Å². The smallest absolute Gasteiger partial charge is 0.409 e. The average Bonchev–Trinajstić information content (AvgIpc) is 2.60. The van der Waals surface area contributed by atoms with Crippen molar-refractivity contribution in [1.29, 1.82) is 0 Å². The number of aliphatic imine (C=N–C) groups is 1. The minimum absolute atomic E-state index is 0. The van der Waals surface area contributed by atoms with Crippen LogP contribution >= 0.6 is 24.0 Å². The van der Waals surface area contributed by atoms with E-state index in [9.17, 15) is 4.79 Å². The second kappa shape index (κ2) is 8.74. The van der Waals surface area contributed by atoms with Gasteiger partial charge in [0.25, 0.3) is 0 Å². The van der Waals surface area contributed by atoms with E-state index in [2.05, 4.69) is 5.32 Å². The maximum Gasteiger partial charge on any atom is 0.409 e. The molecule has 6 nitrogen and oxygen atoms in total. The van der Waals surface area contributed by atoms with Gasteiger partial charge in [0.1, 0.15) is 0 Å². The fourth-order valence-electron chi connectivity index (χ4n) is 6.41. The van der Waals surface area contributed by atoms with Crippen LogP contribution in [0.5, 0.6) is 0 Å². The Morgan fingerprint density at radius 1 is 1.15 bits per heavy atom. The molecule has 1 aliphatic heterocycles. The molecular formula is C20H35IN4O2. The third-order valence-electron chi connectivity index (χ3n) is 7.12. The fraction of sp³-hybridized carbons (Fsp3) is 0.900. The molecule has 1 saturated heterocycles. The molecule has 5 rings (SSSR count). The Balaban J connectivity index is 0.00000210. The summed E-state index contributed by atoms with van der Waals surface area (Å²) in [6.45, 7) is 4.61. The average molecular weight is 490 g/mol. The highest BCUT2D eigenvalue weighted by molar-refractivity contribution is 14.0. The zero-order valence-corrected chi connectivity index (χ0v) is 18.8. The molecule has 4 saturated carbocycles. The van der Waals surface area contributed by atoms with E-state index in [0.29, 0.717) is 24.0 Å². The Kier molecular flexibility index (Phi) is 6.79. The van der Waals surface area contributed by atoms with Crippen LogP contribution in [0.4, 0.5) is 4.79 Å². The molecule has 27 heavy (non-hydrogen) atoms. The monoisotopic (exact) mass is 490 g/mol. The van der Waals surface area contributed by atoms with Gasteiger partial charge in [-0.1, -0.05) is 0 Å². The number of guanidine groups is 1. The van der Waals surface area contributed by atoms with Gasteiger partial charge in [0.05, 0.1) is 6.61 Å². The second-order valence-electron chi connectivity index (χ2n) is 9.22. The van der Waals surface area contributed by atoms with E-state index in [1.165, 1.54) is 38.5 Å². The third-order valence-corrected chi connectivity index (χ3v) is 7.12. The van der Waals surface area contributed by atoms with Crippen LogP contribution in [0, 0.1) is 23.2 Å². The molecule has 154 valence electrons. The van der Waals surface area contributed by atoms with Crippen molar-refractivity contribution in [1.82, 2.24) is 10.2 Å². The standard InChI is InChI=1S/C20H34N4O2.HI/c1-2-26-19(25)24-5-3-17(4-6-24)23-18(21)22-13-20-10-14-7-15(11-20)9-16(8-14)12-20;/h14-17H,2-13H2,1H3,(H3,21,22,23);1H. The van der Waals surface area contributed by atoms with Crippen molar-refractivity contribution in [2.24, 2.45) is 33.9 Å². The summed E-state index contributed by atoms with van der Waals surface area (Å²) in [5, 5.41) is 3.39. The minimum atomic E-state index is -0.200. The summed E-state index contributed by atoms with van der Waals surface area (Å²) in [5.74, 6) is 3.46. The van der Waals surface area contributed by atoms with Gasteiger partial charge in [-0.2, -0.15) is 0 Å². The van der Waals surface area contributed by atoms with E-state index < -0.39 is 0 Å². The van der Waals surface area contributed by atoms with Gasteiger partial charge < -0.3 is 20.7 Å². The Bertz CT molecular complexity index is 525. The Morgan fingerprint density at radius 3 is 2.22 bits per heavy atom. The first-order valence-electron chi connectivity index (χ1n) is 10.5. The molecule has 0 aromatic carbocycles. The van der Waals surface area contributed by atoms with Crippen LogP contribution in [0.15, 0.2) is 4.99 Å². The van der Waals surface area contributed by atoms with Crippen molar-refractivity contribution in [3.05, 3.63) is 0 Å². The Hall–Kier alpha value is -0.730. The van der Waals surface area contributed by atoms with Crippen LogP contribution in [0.25, 0.3) is 0 Å². The van der Waals surface area contributed by atoms with Crippen LogP contribution < -0.4 is 11.1 Å². The number of nitrogens with one attached hydrogen (secondary N) is 1. The number of nitrogens with two attached hydrogens (primary N) is 1. The highest BCUT2D eigenvalue weighted by atomic mass is 127. The van der Waals surface area contributed by atoms with Crippen molar-refractivity contribution < 1.29 is 9.53 Å². The van der Waals surface area contributed by atoms with E-state index >= 15 is 0 Å². The largest absolute Gasteiger partial charge is 0.450 e. The van der Waals surface area contributed by atoms with E-state index in [1.807, 2.05) is 6.92 Å². The van der Waals surface area contributed by atoms with Crippen molar-refractivity contribution in [2.75, 3.05) is 26.2 Å². The first kappa shape index (κ1) is 21.0. The first-order chi connectivity index (χ1) is 12.5. The predicted molar refractivity (Wildman–Crippen MR) is 117 cm³/mol. The molecule has 0 radical (unpaired) electrons. The number of hydrogen-bond acceptors (Lipinski definition) is 3. The maximum atomic E-state index is 11.8. The fourth-order valence-corrected chi connectivity index (χ4v) is 6.41. The SMILES string of the molecule is CCOC(=O)N1CCC(NC(N)=NCC23CC4CC(CC(C4)C2)C3)CC1.I. The van der Waals surface area contributed by atoms with Crippen LogP contribution in [-0.2, 0) is 4.74 Å². The van der Waals surface area contributed by atoms with Crippen molar-refractivity contribution in [2.45, 2.75) is 64.3 Å². The lowest BCUT2D eigenvalue weighted by atomic mass is 9.49. The molecule has 5 fully saturated rings. The van der Waals surface area contributed by atoms with E-state index in [4.69, 9.17) is 15.5 Å². The summed E-state index contributed by atoms with van der Waals surface area (Å²) in [6, 6.07) is 0.306. The quantitative estimate of drug-likeness (QED) is 0.360. The number of carbonyl (C=O) groups excluding carboxylic acids is 1. The minimum Gasteiger partial charge on any atom is -0.450 e. The molecule has 1 heterocycles. The number of carbonyl (C=O) groups is 1. The summed E-state index contributed by atoms with van der Waals surface area (Å²) in [4.78, 5) is 18.3. The molecule has 1 amide bonds. The number of amides is 1. The number of rotatable bonds is 4. The lowest BCUT2D eigenvalue weighted by molar-refractivity contribution is -0.0465. The molecule has 0 atom stereocenters. The zero-order chi connectivity index (χ0) is 18.1. The summed E-state index contributed by atoms with van der Waals surface area (Å²) in [6.07, 6.45) is 10.1. The van der Waals surface area contributed by atoms with Crippen LogP contribution in [0.3, 0.4) is 0 Å². The predicted octanol–water partition coefficient (Wildman–Crippen LogP) is 3.35. The van der Waals surface area contributed by atoms with Gasteiger partial charge in [0, 0.05) is 25.7 Å². The molecule has 3 N–H and O–H groups in total. The third kappa shape index (κ3) is 4.82. The maximum absolute atomic E-state index is 11.8. The molecule has 0 spiro atoms. The van der Waals surface area contributed by atoms with Crippen molar-refractivity contribution >= 4 is 36.0 Å². The van der Waals surface area contributed by atoms with E-state index in [1.54, 1.807) is 4.90 Å². The van der Waals surface area contributed by atoms with Gasteiger partial charge >= 0.3 is 6.09 Å². The number of ether oxygens (including phenoxy) is 1. The lowest BCUT2D eigenvalue weighted by Gasteiger charge is -2.56. The highest BCUT2D eigenvalue weighted by Crippen LogP contribution is 2.60. The molecule has 0 unspecified atom stereocenters. The van der Waals surface area contributed by atoms with Crippen LogP contribution in [0.2, 0.25) is 0 Å². The number of halogens is 1. The second-order valence-corrected chi connectivity index (χ2v) is 9.22. The Labute approximate surface area is 180 Å². The first-order valence-corrected chi connectivity index (χ1v) is 10.5. The van der Waals surface area contributed by atoms with Gasteiger partial charge in [0.15, 0.2) is 5.96 Å². The zero-order valence-electron chi connectivity index (χ0n) is 16.5. The summed E-state index contributed by atoms with van der Waals surface area (Å²) in [5.41, 5.74) is 6.65.